The predicted molar refractivity (Wildman–Crippen MR) is 20.3 cm³/mol. The van der Waals surface area contributed by atoms with Gasteiger partial charge >= 0.3 is 96.9 Å². The van der Waals surface area contributed by atoms with Crippen molar-refractivity contribution in [2.45, 2.75) is 0 Å². The molecule has 0 spiro atoms. The van der Waals surface area contributed by atoms with E-state index in [1.54, 1.807) is 0 Å². The molecule has 7 heavy (non-hydrogen) atoms. The van der Waals surface area contributed by atoms with E-state index in [0.29, 0.717) is 0 Å². The minimum atomic E-state index is -4.14. The maximum absolute atomic E-state index is 9.47. The molecule has 0 fully saturated rings. The first-order valence-electron chi connectivity index (χ1n) is 0.932. The van der Waals surface area contributed by atoms with Crippen molar-refractivity contribution < 1.29 is 37.7 Å². The Labute approximate surface area is 95.0 Å². The second kappa shape index (κ2) is 5.24. The fourth-order valence-corrected chi connectivity index (χ4v) is 0. The van der Waals surface area contributed by atoms with Crippen LogP contribution in [0.3, 0.4) is 0 Å². The Morgan fingerprint density at radius 3 is 1.71 bits per heavy atom. The van der Waals surface area contributed by atoms with E-state index in [4.69, 9.17) is 9.79 Å². The second-order valence-electron chi connectivity index (χ2n) is 0.565. The number of hydrogen-bond donors (Lipinski definition) is 2. The first-order chi connectivity index (χ1) is 2.56. The number of hydrogen-bond acceptors (Lipinski definition) is 2. The van der Waals surface area contributed by atoms with Gasteiger partial charge in [-0.05, 0) is 0 Å². The summed E-state index contributed by atoms with van der Waals surface area (Å²) in [5, 5.41) is 0. The van der Waals surface area contributed by atoms with E-state index in [-0.39, 0.29) is 51.4 Å². The Morgan fingerprint density at radius 2 is 1.71 bits per heavy atom. The van der Waals surface area contributed by atoms with Gasteiger partial charge < -0.3 is 0 Å². The van der Waals surface area contributed by atoms with Crippen molar-refractivity contribution in [3.05, 3.63) is 0 Å². The van der Waals surface area contributed by atoms with Crippen LogP contribution in [0.1, 0.15) is 0 Å². The van der Waals surface area contributed by atoms with Crippen LogP contribution in [0.5, 0.6) is 0 Å². The summed E-state index contributed by atoms with van der Waals surface area (Å²) in [5.41, 5.74) is 0. The second-order valence-corrected chi connectivity index (χ2v) is 2.79. The summed E-state index contributed by atoms with van der Waals surface area (Å²) in [6.07, 6.45) is 0. The molecule has 0 aliphatic heterocycles. The molecule has 0 aromatic rings. The summed E-state index contributed by atoms with van der Waals surface area (Å²) in [6, 6.07) is 0. The monoisotopic (exact) mass is 235 g/mol. The van der Waals surface area contributed by atoms with E-state index >= 15 is 0 Å². The zero-order chi connectivity index (χ0) is 5.21. The van der Waals surface area contributed by atoms with Gasteiger partial charge in [0, 0.05) is 0 Å². The van der Waals surface area contributed by atoms with Crippen LogP contribution in [0.4, 0.5) is 0 Å². The molecule has 0 saturated heterocycles. The molecule has 0 heterocycles. The van der Waals surface area contributed by atoms with Gasteiger partial charge in [-0.25, -0.2) is 0 Å². The molecule has 0 aromatic heterocycles. The van der Waals surface area contributed by atoms with Gasteiger partial charge in [-0.3, -0.25) is 0 Å². The predicted octanol–water partition coefficient (Wildman–Crippen LogP) is -1.09. The minimum absolute atomic E-state index is 0. The Morgan fingerprint density at radius 1 is 1.57 bits per heavy atom. The SMILES string of the molecule is O=P(O)(O)[O][Mo].[KH]. The van der Waals surface area contributed by atoms with Crippen molar-refractivity contribution in [1.29, 1.82) is 0 Å². The summed E-state index contributed by atoms with van der Waals surface area (Å²) < 4.78 is 13.1. The first kappa shape index (κ1) is 12.1. The quantitative estimate of drug-likeness (QED) is 0.446. The number of rotatable bonds is 1. The van der Waals surface area contributed by atoms with Crippen LogP contribution >= 0.6 is 7.82 Å². The van der Waals surface area contributed by atoms with Crippen molar-refractivity contribution >= 4 is 59.2 Å². The van der Waals surface area contributed by atoms with E-state index in [0.717, 1.165) is 20.2 Å². The third kappa shape index (κ3) is 11.8. The molecular weight excluding hydrogens is 230 g/mol. The molecule has 0 radical (unpaired) electrons. The van der Waals surface area contributed by atoms with Crippen molar-refractivity contribution in [2.75, 3.05) is 0 Å². The fourth-order valence-electron chi connectivity index (χ4n) is 0. The topological polar surface area (TPSA) is 66.8 Å². The van der Waals surface area contributed by atoms with Gasteiger partial charge in [0.2, 0.25) is 0 Å². The zero-order valence-corrected chi connectivity index (χ0v) is 5.47. The number of phosphoric acid groups is 1. The molecule has 2 N–H and O–H groups in total. The van der Waals surface area contributed by atoms with E-state index in [9.17, 15) is 4.57 Å². The molecule has 39 valence electrons. The normalized spacial score (nSPS) is 10.0. The van der Waals surface area contributed by atoms with Crippen LogP contribution in [-0.4, -0.2) is 61.2 Å². The molecule has 4 nitrogen and oxygen atoms in total. The van der Waals surface area contributed by atoms with E-state index in [2.05, 4.69) is 3.18 Å². The van der Waals surface area contributed by atoms with Crippen LogP contribution in [0, 0.1) is 0 Å². The molecule has 0 aromatic carbocycles. The Hall–Kier alpha value is 2.43. The standard InChI is InChI=1S/K.Mo.H3O4P.H/c;;1-5(2,3)4;/h;;(H3,1,2,3,4);/q;+1;;/p-1. The van der Waals surface area contributed by atoms with E-state index in [1.807, 2.05) is 0 Å². The molecular formula is H3KMoO4P. The molecule has 0 unspecified atom stereocenters. The van der Waals surface area contributed by atoms with Gasteiger partial charge in [-0.2, -0.15) is 0 Å². The average molecular weight is 233 g/mol. The van der Waals surface area contributed by atoms with Crippen LogP contribution in [0.2, 0.25) is 0 Å². The van der Waals surface area contributed by atoms with E-state index in [1.165, 1.54) is 0 Å². The van der Waals surface area contributed by atoms with Gasteiger partial charge in [0.15, 0.2) is 0 Å². The van der Waals surface area contributed by atoms with E-state index < -0.39 is 7.82 Å². The fraction of sp³-hybridized carbons (Fsp3) is 0. The van der Waals surface area contributed by atoms with Crippen molar-refractivity contribution in [3.63, 3.8) is 0 Å². The molecule has 7 heteroatoms. The summed E-state index contributed by atoms with van der Waals surface area (Å²) in [4.78, 5) is 15.4. The Kier molecular flexibility index (Phi) is 9.09. The van der Waals surface area contributed by atoms with Gasteiger partial charge in [0.25, 0.3) is 0 Å². The summed E-state index contributed by atoms with van der Waals surface area (Å²) in [6.45, 7) is 0. The zero-order valence-electron chi connectivity index (χ0n) is 2.57. The van der Waals surface area contributed by atoms with Crippen LogP contribution in [0.25, 0.3) is 0 Å². The Bertz CT molecular complexity index is 75.8. The average Bonchev–Trinajstić information content (AvgIpc) is 1.35. The van der Waals surface area contributed by atoms with Gasteiger partial charge in [-0.15, -0.1) is 0 Å². The van der Waals surface area contributed by atoms with Crippen LogP contribution in [-0.2, 0) is 27.9 Å². The summed E-state index contributed by atoms with van der Waals surface area (Å²) >= 11 is 0.883. The Balaban J connectivity index is 0. The first-order valence-corrected chi connectivity index (χ1v) is 3.28. The molecule has 0 aliphatic rings. The maximum atomic E-state index is 9.47. The van der Waals surface area contributed by atoms with Crippen molar-refractivity contribution in [2.24, 2.45) is 0 Å². The molecule has 0 atom stereocenters. The van der Waals surface area contributed by atoms with Crippen LogP contribution < -0.4 is 0 Å². The molecule has 0 aliphatic carbocycles. The molecule has 0 saturated carbocycles. The van der Waals surface area contributed by atoms with Gasteiger partial charge in [-0.1, -0.05) is 0 Å². The van der Waals surface area contributed by atoms with Gasteiger partial charge in [0.1, 0.15) is 0 Å². The summed E-state index contributed by atoms with van der Waals surface area (Å²) in [7, 11) is -4.14. The molecule has 0 amide bonds. The van der Waals surface area contributed by atoms with Crippen LogP contribution in [0.15, 0.2) is 0 Å². The molecule has 0 rings (SSSR count). The van der Waals surface area contributed by atoms with Gasteiger partial charge in [0.05, 0.1) is 0 Å². The van der Waals surface area contributed by atoms with Crippen molar-refractivity contribution in [1.82, 2.24) is 0 Å². The molecule has 0 bridgehead atoms. The third-order valence-electron chi connectivity index (χ3n) is 0.0971. The van der Waals surface area contributed by atoms with Crippen molar-refractivity contribution in [3.8, 4) is 0 Å². The third-order valence-corrected chi connectivity index (χ3v) is 1.72. The summed E-state index contributed by atoms with van der Waals surface area (Å²) in [5.74, 6) is 0.